The lowest BCUT2D eigenvalue weighted by Gasteiger charge is -2.36. The first-order valence-electron chi connectivity index (χ1n) is 15.7. The number of carbonyl (C=O) groups is 1. The summed E-state index contributed by atoms with van der Waals surface area (Å²) in [7, 11) is 0. The Morgan fingerprint density at radius 2 is 1.76 bits per heavy atom. The number of unbranched alkanes of at least 4 members (excludes halogenated alkanes) is 3. The Morgan fingerprint density at radius 1 is 1.02 bits per heavy atom. The van der Waals surface area contributed by atoms with E-state index in [0.717, 1.165) is 69.8 Å². The van der Waals surface area contributed by atoms with Gasteiger partial charge in [0.05, 0.1) is 12.2 Å². The third kappa shape index (κ3) is 7.79. The second kappa shape index (κ2) is 14.7. The molecule has 46 heavy (non-hydrogen) atoms. The average molecular weight is 630 g/mol. The highest BCUT2D eigenvalue weighted by Gasteiger charge is 2.22. The molecule has 1 aromatic carbocycles. The first kappa shape index (κ1) is 32.8. The number of nitrogens with one attached hydrogen (secondary N) is 2. The molecule has 1 amide bonds. The van der Waals surface area contributed by atoms with Gasteiger partial charge in [-0.05, 0) is 69.6 Å². The van der Waals surface area contributed by atoms with Crippen LogP contribution in [-0.4, -0.2) is 78.2 Å². The summed E-state index contributed by atoms with van der Waals surface area (Å²) >= 11 is 0. The molecule has 0 bridgehead atoms. The monoisotopic (exact) mass is 629 g/mol. The van der Waals surface area contributed by atoms with Crippen molar-refractivity contribution in [1.29, 1.82) is 0 Å². The van der Waals surface area contributed by atoms with Crippen LogP contribution in [0.15, 0.2) is 66.1 Å². The molecule has 0 radical (unpaired) electrons. The van der Waals surface area contributed by atoms with Crippen molar-refractivity contribution in [2.24, 2.45) is 0 Å². The number of benzene rings is 1. The van der Waals surface area contributed by atoms with E-state index in [9.17, 15) is 14.7 Å². The van der Waals surface area contributed by atoms with E-state index in [0.29, 0.717) is 34.9 Å². The largest absolute Gasteiger partial charge is 0.384 e. The summed E-state index contributed by atoms with van der Waals surface area (Å²) in [4.78, 5) is 43.0. The van der Waals surface area contributed by atoms with Crippen LogP contribution in [0.5, 0.6) is 0 Å². The number of anilines is 3. The van der Waals surface area contributed by atoms with Crippen molar-refractivity contribution in [3.63, 3.8) is 0 Å². The Labute approximate surface area is 268 Å². The number of piperazine rings is 1. The van der Waals surface area contributed by atoms with Gasteiger partial charge in [0, 0.05) is 50.2 Å². The van der Waals surface area contributed by atoms with Gasteiger partial charge in [0.1, 0.15) is 11.0 Å². The molecule has 0 unspecified atom stereocenters. The maximum Gasteiger partial charge on any atom is 0.278 e. The van der Waals surface area contributed by atoms with Crippen LogP contribution in [0.3, 0.4) is 0 Å². The van der Waals surface area contributed by atoms with Gasteiger partial charge in [-0.3, -0.25) is 19.7 Å². The number of pyridine rings is 1. The predicted molar refractivity (Wildman–Crippen MR) is 178 cm³/mol. The molecule has 0 saturated carbocycles. The SMILES string of the molecule is C=CCn1c(=O)c2cnc(Nc3ccc(N4CCN(CCCCCCC(=O)NO)CC4)cc3)nc2n1-c1cccc(C(C)(C)O)n1. The maximum absolute atomic E-state index is 13.3. The Hall–Kier alpha value is -4.59. The minimum Gasteiger partial charge on any atom is -0.384 e. The number of hydroxylamine groups is 1. The quantitative estimate of drug-likeness (QED) is 0.0703. The molecule has 13 heteroatoms. The summed E-state index contributed by atoms with van der Waals surface area (Å²) < 4.78 is 3.15. The standard InChI is InChI=1S/C33H43N9O4/c1-4-17-41-31(44)26-23-34-32(37-30(26)42(41)28-11-9-10-27(36-28)33(2,3)45)35-24-13-15-25(16-14-24)40-21-19-39(20-22-40)18-8-6-5-7-12-29(43)38-46/h4,9-11,13-16,23,45-46H,1,5-8,12,17-22H2,2-3H3,(H,38,43)(H,34,35,37). The van der Waals surface area contributed by atoms with Crippen molar-refractivity contribution in [3.05, 3.63) is 77.4 Å². The number of aromatic nitrogens is 5. The van der Waals surface area contributed by atoms with Crippen molar-refractivity contribution in [2.45, 2.75) is 58.1 Å². The van der Waals surface area contributed by atoms with Gasteiger partial charge in [0.15, 0.2) is 11.5 Å². The maximum atomic E-state index is 13.3. The van der Waals surface area contributed by atoms with Gasteiger partial charge in [0.2, 0.25) is 11.9 Å². The third-order valence-corrected chi connectivity index (χ3v) is 8.17. The molecule has 4 aromatic rings. The van der Waals surface area contributed by atoms with Crippen molar-refractivity contribution < 1.29 is 15.1 Å². The summed E-state index contributed by atoms with van der Waals surface area (Å²) in [5.41, 5.74) is 3.10. The molecule has 0 aliphatic carbocycles. The molecule has 0 spiro atoms. The van der Waals surface area contributed by atoms with E-state index in [4.69, 9.17) is 10.2 Å². The zero-order chi connectivity index (χ0) is 32.7. The van der Waals surface area contributed by atoms with Gasteiger partial charge in [-0.2, -0.15) is 4.98 Å². The smallest absolute Gasteiger partial charge is 0.278 e. The number of fused-ring (bicyclic) bond motifs is 1. The molecule has 4 heterocycles. The molecular formula is C33H43N9O4. The lowest BCUT2D eigenvalue weighted by Crippen LogP contribution is -2.46. The highest BCUT2D eigenvalue weighted by Crippen LogP contribution is 2.24. The molecule has 0 atom stereocenters. The van der Waals surface area contributed by atoms with Gasteiger partial charge in [-0.25, -0.2) is 24.8 Å². The number of carbonyl (C=O) groups excluding carboxylic acids is 1. The molecule has 13 nitrogen and oxygen atoms in total. The first-order valence-corrected chi connectivity index (χ1v) is 15.7. The fourth-order valence-corrected chi connectivity index (χ4v) is 5.64. The van der Waals surface area contributed by atoms with Crippen molar-refractivity contribution >= 4 is 34.3 Å². The van der Waals surface area contributed by atoms with Crippen LogP contribution >= 0.6 is 0 Å². The zero-order valence-electron chi connectivity index (χ0n) is 26.5. The van der Waals surface area contributed by atoms with E-state index >= 15 is 0 Å². The summed E-state index contributed by atoms with van der Waals surface area (Å²) in [6.07, 6.45) is 7.50. The summed E-state index contributed by atoms with van der Waals surface area (Å²) in [5, 5.41) is 22.7. The van der Waals surface area contributed by atoms with E-state index in [1.165, 1.54) is 10.9 Å². The minimum atomic E-state index is -1.16. The highest BCUT2D eigenvalue weighted by molar-refractivity contribution is 5.77. The first-order chi connectivity index (χ1) is 22.2. The van der Waals surface area contributed by atoms with E-state index < -0.39 is 5.60 Å². The van der Waals surface area contributed by atoms with Crippen LogP contribution in [0.25, 0.3) is 16.9 Å². The zero-order valence-corrected chi connectivity index (χ0v) is 26.5. The molecule has 1 fully saturated rings. The molecule has 5 rings (SSSR count). The Bertz CT molecular complexity index is 1700. The Kier molecular flexibility index (Phi) is 10.5. The van der Waals surface area contributed by atoms with E-state index in [1.807, 2.05) is 12.1 Å². The summed E-state index contributed by atoms with van der Waals surface area (Å²) in [6.45, 7) is 12.3. The number of nitrogens with zero attached hydrogens (tertiary/aromatic N) is 7. The van der Waals surface area contributed by atoms with Crippen LogP contribution < -0.4 is 21.3 Å². The number of hydrogen-bond acceptors (Lipinski definition) is 10. The summed E-state index contributed by atoms with van der Waals surface area (Å²) in [5.74, 6) is 0.474. The second-order valence-electron chi connectivity index (χ2n) is 12.1. The van der Waals surface area contributed by atoms with Crippen LogP contribution in [0.4, 0.5) is 17.3 Å². The molecule has 3 aromatic heterocycles. The summed E-state index contributed by atoms with van der Waals surface area (Å²) in [6, 6.07) is 13.5. The molecular weight excluding hydrogens is 586 g/mol. The Morgan fingerprint density at radius 3 is 2.46 bits per heavy atom. The normalized spacial score (nSPS) is 14.0. The lowest BCUT2D eigenvalue weighted by atomic mass is 10.1. The molecule has 244 valence electrons. The number of amides is 1. The lowest BCUT2D eigenvalue weighted by molar-refractivity contribution is -0.129. The van der Waals surface area contributed by atoms with Gasteiger partial charge >= 0.3 is 0 Å². The fourth-order valence-electron chi connectivity index (χ4n) is 5.64. The second-order valence-corrected chi connectivity index (χ2v) is 12.1. The molecule has 1 saturated heterocycles. The van der Waals surface area contributed by atoms with E-state index in [1.54, 1.807) is 48.3 Å². The van der Waals surface area contributed by atoms with Gasteiger partial charge in [-0.1, -0.05) is 25.0 Å². The van der Waals surface area contributed by atoms with Crippen LogP contribution in [0.2, 0.25) is 0 Å². The van der Waals surface area contributed by atoms with Crippen molar-refractivity contribution in [2.75, 3.05) is 42.9 Å². The van der Waals surface area contributed by atoms with Gasteiger partial charge in [0.25, 0.3) is 5.56 Å². The van der Waals surface area contributed by atoms with Crippen LogP contribution in [0.1, 0.15) is 51.6 Å². The van der Waals surface area contributed by atoms with Crippen molar-refractivity contribution in [1.82, 2.24) is 34.7 Å². The average Bonchev–Trinajstić information content (AvgIpc) is 3.33. The van der Waals surface area contributed by atoms with Gasteiger partial charge in [-0.15, -0.1) is 6.58 Å². The fraction of sp³-hybridized carbons (Fsp3) is 0.424. The van der Waals surface area contributed by atoms with Crippen LogP contribution in [-0.2, 0) is 16.9 Å². The predicted octanol–water partition coefficient (Wildman–Crippen LogP) is 3.71. The minimum absolute atomic E-state index is 0.246. The number of hydrogen-bond donors (Lipinski definition) is 4. The van der Waals surface area contributed by atoms with Gasteiger partial charge < -0.3 is 15.3 Å². The molecule has 4 N–H and O–H groups in total. The van der Waals surface area contributed by atoms with E-state index in [-0.39, 0.29) is 18.0 Å². The topological polar surface area (TPSA) is 154 Å². The molecule has 1 aliphatic heterocycles. The number of rotatable bonds is 14. The highest BCUT2D eigenvalue weighted by atomic mass is 16.5. The van der Waals surface area contributed by atoms with Crippen LogP contribution in [0, 0.1) is 0 Å². The Balaban J connectivity index is 1.23. The van der Waals surface area contributed by atoms with Crippen molar-refractivity contribution in [3.8, 4) is 5.82 Å². The third-order valence-electron chi connectivity index (χ3n) is 8.17. The number of allylic oxidation sites excluding steroid dienone is 1. The molecule has 1 aliphatic rings. The van der Waals surface area contributed by atoms with E-state index in [2.05, 4.69) is 43.8 Å². The number of aliphatic hydroxyl groups is 1.